The molecule has 2 aliphatic heterocycles. The molecule has 2 saturated heterocycles. The zero-order valence-electron chi connectivity index (χ0n) is 14.4. The van der Waals surface area contributed by atoms with Crippen molar-refractivity contribution in [1.82, 2.24) is 24.4 Å². The van der Waals surface area contributed by atoms with Gasteiger partial charge in [0.05, 0.1) is 12.5 Å². The smallest absolute Gasteiger partial charge is 0.222 e. The number of hydrogen-bond donors (Lipinski definition) is 0. The number of aromatic nitrogens is 4. The van der Waals surface area contributed by atoms with Crippen LogP contribution in [0.4, 0.5) is 5.82 Å². The van der Waals surface area contributed by atoms with E-state index in [0.717, 1.165) is 51.3 Å². The molecule has 0 bridgehead atoms. The molecule has 0 saturated carbocycles. The van der Waals surface area contributed by atoms with E-state index in [-0.39, 0.29) is 0 Å². The van der Waals surface area contributed by atoms with E-state index in [9.17, 15) is 4.79 Å². The van der Waals surface area contributed by atoms with E-state index in [1.54, 1.807) is 18.6 Å². The Labute approximate surface area is 147 Å². The number of rotatable bonds is 5. The van der Waals surface area contributed by atoms with Gasteiger partial charge in [0, 0.05) is 63.4 Å². The van der Waals surface area contributed by atoms with Gasteiger partial charge in [0.25, 0.3) is 0 Å². The Morgan fingerprint density at radius 3 is 2.88 bits per heavy atom. The van der Waals surface area contributed by atoms with Gasteiger partial charge in [0.1, 0.15) is 5.82 Å². The largest absolute Gasteiger partial charge is 0.355 e. The van der Waals surface area contributed by atoms with E-state index < -0.39 is 0 Å². The zero-order valence-corrected chi connectivity index (χ0v) is 14.4. The molecule has 0 spiro atoms. The minimum atomic E-state index is 0.319. The second-order valence-electron chi connectivity index (χ2n) is 6.91. The summed E-state index contributed by atoms with van der Waals surface area (Å²) in [5.41, 5.74) is 0. The summed E-state index contributed by atoms with van der Waals surface area (Å²) in [5, 5.41) is 0. The zero-order chi connectivity index (χ0) is 17.1. The minimum Gasteiger partial charge on any atom is -0.355 e. The van der Waals surface area contributed by atoms with Crippen molar-refractivity contribution in [1.29, 1.82) is 0 Å². The van der Waals surface area contributed by atoms with Gasteiger partial charge in [-0.1, -0.05) is 0 Å². The molecule has 2 aromatic heterocycles. The Morgan fingerprint density at radius 1 is 1.12 bits per heavy atom. The van der Waals surface area contributed by atoms with Crippen molar-refractivity contribution < 1.29 is 4.79 Å². The quantitative estimate of drug-likeness (QED) is 0.827. The Balaban J connectivity index is 1.37. The molecule has 132 valence electrons. The van der Waals surface area contributed by atoms with Crippen LogP contribution in [0.15, 0.2) is 37.3 Å². The van der Waals surface area contributed by atoms with Gasteiger partial charge in [0.2, 0.25) is 5.91 Å². The number of carbonyl (C=O) groups excluding carboxylic acids is 1. The van der Waals surface area contributed by atoms with E-state index >= 15 is 0 Å². The molecule has 0 N–H and O–H groups in total. The van der Waals surface area contributed by atoms with Gasteiger partial charge in [-0.3, -0.25) is 9.78 Å². The van der Waals surface area contributed by atoms with Crippen LogP contribution in [0.3, 0.4) is 0 Å². The lowest BCUT2D eigenvalue weighted by atomic mass is 9.83. The first-order valence-electron chi connectivity index (χ1n) is 9.07. The van der Waals surface area contributed by atoms with Crippen molar-refractivity contribution in [3.63, 3.8) is 0 Å². The molecule has 2 aliphatic rings. The number of likely N-dealkylation sites (tertiary alicyclic amines) is 1. The lowest BCUT2D eigenvalue weighted by molar-refractivity contribution is -0.139. The number of imidazole rings is 1. The number of anilines is 1. The SMILES string of the molecule is O=C1CC[C@H]2CN(c3cnccn3)CC[C@H]2N1CCCn1ccnc1. The fraction of sp³-hybridized carbons (Fsp3) is 0.556. The van der Waals surface area contributed by atoms with E-state index in [1.165, 1.54) is 0 Å². The molecule has 0 aromatic carbocycles. The van der Waals surface area contributed by atoms with Crippen molar-refractivity contribution in [2.45, 2.75) is 38.3 Å². The number of carbonyl (C=O) groups is 1. The first-order valence-corrected chi connectivity index (χ1v) is 9.07. The lowest BCUT2D eigenvalue weighted by Crippen LogP contribution is -2.56. The van der Waals surface area contributed by atoms with Crippen molar-refractivity contribution in [3.8, 4) is 0 Å². The van der Waals surface area contributed by atoms with Crippen LogP contribution in [0.1, 0.15) is 25.7 Å². The van der Waals surface area contributed by atoms with Crippen molar-refractivity contribution >= 4 is 11.7 Å². The van der Waals surface area contributed by atoms with Gasteiger partial charge in [-0.05, 0) is 25.2 Å². The highest BCUT2D eigenvalue weighted by atomic mass is 16.2. The monoisotopic (exact) mass is 340 g/mol. The van der Waals surface area contributed by atoms with Crippen LogP contribution in [-0.2, 0) is 11.3 Å². The summed E-state index contributed by atoms with van der Waals surface area (Å²) in [4.78, 5) is 29.6. The highest BCUT2D eigenvalue weighted by Crippen LogP contribution is 2.32. The van der Waals surface area contributed by atoms with Crippen LogP contribution < -0.4 is 4.90 Å². The summed E-state index contributed by atoms with van der Waals surface area (Å²) in [7, 11) is 0. The Bertz CT molecular complexity index is 689. The summed E-state index contributed by atoms with van der Waals surface area (Å²) in [6.07, 6.45) is 14.5. The van der Waals surface area contributed by atoms with E-state index in [4.69, 9.17) is 0 Å². The summed E-state index contributed by atoms with van der Waals surface area (Å²) in [6, 6.07) is 0.372. The number of hydrogen-bond acceptors (Lipinski definition) is 5. The van der Waals surface area contributed by atoms with Gasteiger partial charge >= 0.3 is 0 Å². The molecule has 0 aliphatic carbocycles. The normalized spacial score (nSPS) is 23.6. The molecular weight excluding hydrogens is 316 g/mol. The van der Waals surface area contributed by atoms with Crippen molar-refractivity contribution in [2.24, 2.45) is 5.92 Å². The molecule has 2 atom stereocenters. The molecule has 7 heteroatoms. The van der Waals surface area contributed by atoms with Crippen LogP contribution in [0.5, 0.6) is 0 Å². The molecule has 7 nitrogen and oxygen atoms in total. The van der Waals surface area contributed by atoms with Gasteiger partial charge < -0.3 is 14.4 Å². The number of amides is 1. The van der Waals surface area contributed by atoms with Crippen LogP contribution in [0.25, 0.3) is 0 Å². The minimum absolute atomic E-state index is 0.319. The molecular formula is C18H24N6O. The fourth-order valence-electron chi connectivity index (χ4n) is 4.15. The molecule has 2 aromatic rings. The number of nitrogens with zero attached hydrogens (tertiary/aromatic N) is 6. The molecule has 1 amide bonds. The maximum Gasteiger partial charge on any atom is 0.222 e. The van der Waals surface area contributed by atoms with Crippen LogP contribution in [-0.4, -0.2) is 56.0 Å². The van der Waals surface area contributed by atoms with Gasteiger partial charge in [-0.2, -0.15) is 0 Å². The highest BCUT2D eigenvalue weighted by Gasteiger charge is 2.39. The topological polar surface area (TPSA) is 67.2 Å². The molecule has 4 heterocycles. The van der Waals surface area contributed by atoms with Gasteiger partial charge in [0.15, 0.2) is 0 Å². The molecule has 0 unspecified atom stereocenters. The number of aryl methyl sites for hydroxylation is 1. The lowest BCUT2D eigenvalue weighted by Gasteiger charge is -2.47. The third-order valence-corrected chi connectivity index (χ3v) is 5.39. The summed E-state index contributed by atoms with van der Waals surface area (Å²) >= 11 is 0. The van der Waals surface area contributed by atoms with Crippen LogP contribution in [0.2, 0.25) is 0 Å². The summed E-state index contributed by atoms with van der Waals surface area (Å²) in [5.74, 6) is 1.80. The molecule has 25 heavy (non-hydrogen) atoms. The summed E-state index contributed by atoms with van der Waals surface area (Å²) in [6.45, 7) is 3.65. The van der Waals surface area contributed by atoms with Crippen LogP contribution in [0, 0.1) is 5.92 Å². The van der Waals surface area contributed by atoms with E-state index in [2.05, 4.69) is 29.3 Å². The highest BCUT2D eigenvalue weighted by molar-refractivity contribution is 5.77. The number of piperidine rings is 2. The fourth-order valence-corrected chi connectivity index (χ4v) is 4.15. The number of fused-ring (bicyclic) bond motifs is 1. The Kier molecular flexibility index (Phi) is 4.63. The van der Waals surface area contributed by atoms with Crippen LogP contribution >= 0.6 is 0 Å². The second-order valence-corrected chi connectivity index (χ2v) is 6.91. The first kappa shape index (κ1) is 16.1. The predicted molar refractivity (Wildman–Crippen MR) is 93.9 cm³/mol. The third kappa shape index (κ3) is 3.50. The second kappa shape index (κ2) is 7.21. The molecule has 4 rings (SSSR count). The van der Waals surface area contributed by atoms with Gasteiger partial charge in [-0.15, -0.1) is 0 Å². The van der Waals surface area contributed by atoms with E-state index in [0.29, 0.717) is 24.3 Å². The summed E-state index contributed by atoms with van der Waals surface area (Å²) < 4.78 is 2.07. The van der Waals surface area contributed by atoms with Gasteiger partial charge in [-0.25, -0.2) is 9.97 Å². The van der Waals surface area contributed by atoms with Crippen molar-refractivity contribution in [3.05, 3.63) is 37.3 Å². The predicted octanol–water partition coefficient (Wildman–Crippen LogP) is 1.58. The van der Waals surface area contributed by atoms with E-state index in [1.807, 2.05) is 18.7 Å². The molecule has 2 fully saturated rings. The third-order valence-electron chi connectivity index (χ3n) is 5.39. The van der Waals surface area contributed by atoms with Crippen molar-refractivity contribution in [2.75, 3.05) is 24.5 Å². The average molecular weight is 340 g/mol. The first-order chi connectivity index (χ1) is 12.3. The molecule has 0 radical (unpaired) electrons. The Morgan fingerprint density at radius 2 is 2.08 bits per heavy atom. The maximum atomic E-state index is 12.5. The average Bonchev–Trinajstić information content (AvgIpc) is 3.17. The Hall–Kier alpha value is -2.44. The standard InChI is InChI=1S/C18H24N6O/c25-18-3-2-15-13-23(17-12-19-5-6-21-17)10-4-16(15)24(18)9-1-8-22-11-7-20-14-22/h5-7,11-12,14-16H,1-4,8-10,13H2/t15-,16+/m0/s1. The maximum absolute atomic E-state index is 12.5.